The monoisotopic (exact) mass is 267 g/mol. The standard InChI is InChI=1S/C17H19N2O/c1-18(2)17-10-6-9-16(11-17)13-19(14-20)12-15-7-4-3-5-8-15/h3-11,14H,1,12-13H2,2H3/q+1. The van der Waals surface area contributed by atoms with Gasteiger partial charge in [0.1, 0.15) is 13.8 Å². The van der Waals surface area contributed by atoms with E-state index in [2.05, 4.69) is 12.8 Å². The minimum Gasteiger partial charge on any atom is -0.337 e. The Morgan fingerprint density at radius 2 is 1.70 bits per heavy atom. The first-order chi connectivity index (χ1) is 9.69. The number of hydrogen-bond acceptors (Lipinski definition) is 1. The molecule has 0 saturated carbocycles. The summed E-state index contributed by atoms with van der Waals surface area (Å²) in [4.78, 5) is 13.0. The average molecular weight is 267 g/mol. The van der Waals surface area contributed by atoms with Crippen LogP contribution in [0.5, 0.6) is 0 Å². The van der Waals surface area contributed by atoms with Gasteiger partial charge in [0.05, 0.1) is 0 Å². The summed E-state index contributed by atoms with van der Waals surface area (Å²) in [5, 5.41) is 0. The van der Waals surface area contributed by atoms with E-state index < -0.39 is 0 Å². The van der Waals surface area contributed by atoms with Crippen molar-refractivity contribution < 1.29 is 9.37 Å². The van der Waals surface area contributed by atoms with Crippen LogP contribution in [0.25, 0.3) is 0 Å². The lowest BCUT2D eigenvalue weighted by molar-refractivity contribution is -0.394. The van der Waals surface area contributed by atoms with Crippen molar-refractivity contribution in [1.82, 2.24) is 4.90 Å². The Bertz CT molecular complexity index is 593. The van der Waals surface area contributed by atoms with E-state index in [1.165, 1.54) is 0 Å². The topological polar surface area (TPSA) is 23.3 Å². The minimum absolute atomic E-state index is 0.597. The number of carbonyl (C=O) groups excluding carboxylic acids is 1. The molecule has 2 rings (SSSR count). The fourth-order valence-corrected chi connectivity index (χ4v) is 2.08. The highest BCUT2D eigenvalue weighted by Gasteiger charge is 2.07. The van der Waals surface area contributed by atoms with Crippen molar-refractivity contribution in [3.05, 3.63) is 65.7 Å². The van der Waals surface area contributed by atoms with Gasteiger partial charge in [0, 0.05) is 25.2 Å². The van der Waals surface area contributed by atoms with Gasteiger partial charge in [-0.25, -0.2) is 4.58 Å². The summed E-state index contributed by atoms with van der Waals surface area (Å²) in [6.45, 7) is 5.08. The van der Waals surface area contributed by atoms with E-state index in [0.29, 0.717) is 13.1 Å². The van der Waals surface area contributed by atoms with Crippen LogP contribution in [0.3, 0.4) is 0 Å². The van der Waals surface area contributed by atoms with Crippen LogP contribution in [-0.2, 0) is 17.9 Å². The third-order valence-corrected chi connectivity index (χ3v) is 3.11. The van der Waals surface area contributed by atoms with Crippen LogP contribution in [0.2, 0.25) is 0 Å². The van der Waals surface area contributed by atoms with Crippen molar-refractivity contribution in [2.24, 2.45) is 0 Å². The van der Waals surface area contributed by atoms with Crippen molar-refractivity contribution in [2.45, 2.75) is 13.1 Å². The van der Waals surface area contributed by atoms with Crippen molar-refractivity contribution >= 4 is 18.8 Å². The molecule has 2 aromatic rings. The largest absolute Gasteiger partial charge is 0.337 e. The predicted molar refractivity (Wildman–Crippen MR) is 81.2 cm³/mol. The fraction of sp³-hybridized carbons (Fsp3) is 0.176. The van der Waals surface area contributed by atoms with Gasteiger partial charge in [-0.1, -0.05) is 42.5 Å². The van der Waals surface area contributed by atoms with E-state index in [4.69, 9.17) is 0 Å². The second-order valence-corrected chi connectivity index (χ2v) is 4.86. The average Bonchev–Trinajstić information content (AvgIpc) is 2.48. The quantitative estimate of drug-likeness (QED) is 0.448. The van der Waals surface area contributed by atoms with Crippen molar-refractivity contribution in [1.29, 1.82) is 0 Å². The summed E-state index contributed by atoms with van der Waals surface area (Å²) in [5.74, 6) is 0. The molecule has 0 aliphatic rings. The second-order valence-electron chi connectivity index (χ2n) is 4.86. The SMILES string of the molecule is C=[N+](C)c1cccc(CN(C=O)Cc2ccccc2)c1. The zero-order chi connectivity index (χ0) is 14.4. The van der Waals surface area contributed by atoms with Gasteiger partial charge in [-0.15, -0.1) is 0 Å². The normalized spacial score (nSPS) is 10.1. The van der Waals surface area contributed by atoms with Crippen LogP contribution in [0.15, 0.2) is 54.6 Å². The van der Waals surface area contributed by atoms with Gasteiger partial charge >= 0.3 is 0 Å². The van der Waals surface area contributed by atoms with Crippen LogP contribution in [-0.4, -0.2) is 29.7 Å². The number of benzene rings is 2. The van der Waals surface area contributed by atoms with Gasteiger partial charge in [0.15, 0.2) is 0 Å². The number of hydrogen-bond donors (Lipinski definition) is 0. The molecular weight excluding hydrogens is 248 g/mol. The van der Waals surface area contributed by atoms with Gasteiger partial charge in [-0.3, -0.25) is 4.79 Å². The Kier molecular flexibility index (Phi) is 4.66. The summed E-state index contributed by atoms with van der Waals surface area (Å²) in [6.07, 6.45) is 0.896. The highest BCUT2D eigenvalue weighted by Crippen LogP contribution is 2.14. The number of nitrogens with zero attached hydrogens (tertiary/aromatic N) is 2. The Hall–Kier alpha value is -2.42. The van der Waals surface area contributed by atoms with Crippen molar-refractivity contribution in [3.8, 4) is 0 Å². The zero-order valence-electron chi connectivity index (χ0n) is 11.7. The minimum atomic E-state index is 0.597. The Balaban J connectivity index is 2.08. The molecule has 3 heteroatoms. The smallest absolute Gasteiger partial charge is 0.210 e. The lowest BCUT2D eigenvalue weighted by Crippen LogP contribution is -2.20. The maximum absolute atomic E-state index is 11.2. The number of amides is 1. The molecule has 20 heavy (non-hydrogen) atoms. The molecule has 0 aliphatic heterocycles. The molecule has 0 saturated heterocycles. The van der Waals surface area contributed by atoms with E-state index in [9.17, 15) is 4.79 Å². The molecule has 1 amide bonds. The molecule has 0 aliphatic carbocycles. The Morgan fingerprint density at radius 3 is 2.35 bits per heavy atom. The van der Waals surface area contributed by atoms with Gasteiger partial charge in [-0.2, -0.15) is 0 Å². The van der Waals surface area contributed by atoms with E-state index in [0.717, 1.165) is 23.2 Å². The zero-order valence-corrected chi connectivity index (χ0v) is 11.7. The van der Waals surface area contributed by atoms with E-state index in [-0.39, 0.29) is 0 Å². The van der Waals surface area contributed by atoms with Crippen LogP contribution in [0.4, 0.5) is 5.69 Å². The molecule has 0 N–H and O–H groups in total. The first-order valence-corrected chi connectivity index (χ1v) is 6.55. The Labute approximate surface area is 119 Å². The summed E-state index contributed by atoms with van der Waals surface area (Å²) in [7, 11) is 1.90. The van der Waals surface area contributed by atoms with E-state index in [1.807, 2.05) is 60.2 Å². The lowest BCUT2D eigenvalue weighted by atomic mass is 10.1. The number of carbonyl (C=O) groups is 1. The van der Waals surface area contributed by atoms with Gasteiger partial charge < -0.3 is 4.90 Å². The molecule has 2 aromatic carbocycles. The van der Waals surface area contributed by atoms with Crippen molar-refractivity contribution in [3.63, 3.8) is 0 Å². The molecule has 0 unspecified atom stereocenters. The van der Waals surface area contributed by atoms with Gasteiger partial charge in [0.25, 0.3) is 0 Å². The number of rotatable bonds is 6. The highest BCUT2D eigenvalue weighted by molar-refractivity contribution is 5.48. The molecule has 0 spiro atoms. The summed E-state index contributed by atoms with van der Waals surface area (Å²) in [6, 6.07) is 18.0. The third kappa shape index (κ3) is 3.79. The van der Waals surface area contributed by atoms with Crippen LogP contribution in [0.1, 0.15) is 11.1 Å². The molecule has 0 aromatic heterocycles. The third-order valence-electron chi connectivity index (χ3n) is 3.11. The molecule has 0 radical (unpaired) electrons. The molecule has 102 valence electrons. The van der Waals surface area contributed by atoms with Gasteiger partial charge in [0.2, 0.25) is 12.1 Å². The maximum atomic E-state index is 11.2. The fourth-order valence-electron chi connectivity index (χ4n) is 2.08. The van der Waals surface area contributed by atoms with Gasteiger partial charge in [-0.05, 0) is 11.1 Å². The predicted octanol–water partition coefficient (Wildman–Crippen LogP) is 2.82. The molecular formula is C17H19N2O+. The molecule has 3 nitrogen and oxygen atoms in total. The Morgan fingerprint density at radius 1 is 1.05 bits per heavy atom. The van der Waals surface area contributed by atoms with Crippen LogP contribution < -0.4 is 0 Å². The molecule has 0 heterocycles. The first-order valence-electron chi connectivity index (χ1n) is 6.55. The van der Waals surface area contributed by atoms with E-state index >= 15 is 0 Å². The molecule has 0 fully saturated rings. The van der Waals surface area contributed by atoms with E-state index in [1.54, 1.807) is 4.90 Å². The van der Waals surface area contributed by atoms with Crippen LogP contribution in [0, 0.1) is 0 Å². The molecule has 0 atom stereocenters. The maximum Gasteiger partial charge on any atom is 0.210 e. The van der Waals surface area contributed by atoms with Crippen LogP contribution >= 0.6 is 0 Å². The first kappa shape index (κ1) is 14.0. The molecule has 0 bridgehead atoms. The summed E-state index contributed by atoms with van der Waals surface area (Å²) in [5.41, 5.74) is 3.26. The lowest BCUT2D eigenvalue weighted by Gasteiger charge is -2.17. The highest BCUT2D eigenvalue weighted by atomic mass is 16.1. The summed E-state index contributed by atoms with van der Waals surface area (Å²) < 4.78 is 1.81. The van der Waals surface area contributed by atoms with Crippen molar-refractivity contribution in [2.75, 3.05) is 7.05 Å². The second kappa shape index (κ2) is 6.66. The summed E-state index contributed by atoms with van der Waals surface area (Å²) >= 11 is 0.